The Morgan fingerprint density at radius 2 is 1.80 bits per heavy atom. The lowest BCUT2D eigenvalue weighted by Gasteiger charge is -2.05. The molecule has 0 amide bonds. The van der Waals surface area contributed by atoms with Crippen LogP contribution in [0.1, 0.15) is 6.42 Å². The molecule has 1 N–H and O–H groups in total. The zero-order chi connectivity index (χ0) is 10.5. The lowest BCUT2D eigenvalue weighted by molar-refractivity contribution is 0.296. The third-order valence-corrected chi connectivity index (χ3v) is 3.86. The van der Waals surface area contributed by atoms with Crippen LogP contribution in [0.5, 0.6) is 0 Å². The van der Waals surface area contributed by atoms with Gasteiger partial charge in [-0.05, 0) is 28.7 Å². The fourth-order valence-corrected chi connectivity index (χ4v) is 2.92. The smallest absolute Gasteiger partial charge is 0.0434 e. The van der Waals surface area contributed by atoms with Crippen molar-refractivity contribution in [2.45, 2.75) is 6.42 Å². The zero-order valence-electron chi connectivity index (χ0n) is 8.61. The molecule has 0 aliphatic carbocycles. The van der Waals surface area contributed by atoms with E-state index in [0.717, 1.165) is 21.2 Å². The van der Waals surface area contributed by atoms with Gasteiger partial charge in [0.05, 0.1) is 0 Å². The topological polar surface area (TPSA) is 20.2 Å². The molecule has 0 spiro atoms. The van der Waals surface area contributed by atoms with Crippen molar-refractivity contribution in [3.63, 3.8) is 0 Å². The van der Waals surface area contributed by atoms with Gasteiger partial charge in [0, 0.05) is 6.61 Å². The predicted octanol–water partition coefficient (Wildman–Crippen LogP) is 2.53. The predicted molar refractivity (Wildman–Crippen MR) is 68.5 cm³/mol. The van der Waals surface area contributed by atoms with Crippen molar-refractivity contribution in [1.29, 1.82) is 0 Å². The number of rotatable bonds is 4. The van der Waals surface area contributed by atoms with E-state index in [1.54, 1.807) is 0 Å². The molecule has 2 aromatic carbocycles. The number of aliphatic hydroxyl groups excluding tert-OH is 1. The molecule has 0 saturated carbocycles. The molecular weight excluding hydrogens is 203 g/mol. The molecule has 2 rings (SSSR count). The van der Waals surface area contributed by atoms with E-state index in [1.165, 1.54) is 16.1 Å². The second-order valence-electron chi connectivity index (χ2n) is 3.53. The van der Waals surface area contributed by atoms with E-state index in [9.17, 15) is 0 Å². The van der Waals surface area contributed by atoms with Crippen molar-refractivity contribution in [2.75, 3.05) is 12.8 Å². The van der Waals surface area contributed by atoms with E-state index in [4.69, 9.17) is 5.11 Å². The normalized spacial score (nSPS) is 11.5. The summed E-state index contributed by atoms with van der Waals surface area (Å²) in [5.74, 6) is 0. The van der Waals surface area contributed by atoms with Gasteiger partial charge < -0.3 is 5.11 Å². The Morgan fingerprint density at radius 1 is 1.00 bits per heavy atom. The molecule has 0 saturated heterocycles. The van der Waals surface area contributed by atoms with Gasteiger partial charge in [-0.3, -0.25) is 0 Å². The fourth-order valence-electron chi connectivity index (χ4n) is 1.68. The second kappa shape index (κ2) is 5.25. The molecule has 1 atom stereocenters. The molecule has 0 fully saturated rings. The zero-order valence-corrected chi connectivity index (χ0v) is 9.61. The van der Waals surface area contributed by atoms with Crippen molar-refractivity contribution in [2.24, 2.45) is 0 Å². The molecule has 78 valence electrons. The maximum absolute atomic E-state index is 8.76. The Bertz CT molecular complexity index is 434. The Morgan fingerprint density at radius 3 is 2.67 bits per heavy atom. The molecule has 1 nitrogen and oxygen atoms in total. The van der Waals surface area contributed by atoms with Crippen molar-refractivity contribution < 1.29 is 5.11 Å². The van der Waals surface area contributed by atoms with Gasteiger partial charge in [-0.2, -0.15) is 0 Å². The average Bonchev–Trinajstić information content (AvgIpc) is 2.30. The van der Waals surface area contributed by atoms with Gasteiger partial charge in [0.25, 0.3) is 0 Å². The summed E-state index contributed by atoms with van der Waals surface area (Å²) in [4.78, 5) is 0. The Labute approximate surface area is 91.9 Å². The Balaban J connectivity index is 2.26. The Kier molecular flexibility index (Phi) is 3.71. The number of fused-ring (bicyclic) bond motifs is 1. The van der Waals surface area contributed by atoms with E-state index in [0.29, 0.717) is 6.61 Å². The van der Waals surface area contributed by atoms with E-state index in [-0.39, 0.29) is 0 Å². The number of aliphatic hydroxyl groups is 1. The lowest BCUT2D eigenvalue weighted by Crippen LogP contribution is -1.98. The Hall–Kier alpha value is -0.910. The van der Waals surface area contributed by atoms with Crippen LogP contribution in [0.25, 0.3) is 10.8 Å². The van der Waals surface area contributed by atoms with Crippen LogP contribution >= 0.6 is 8.58 Å². The van der Waals surface area contributed by atoms with Crippen LogP contribution in [0.15, 0.2) is 42.5 Å². The lowest BCUT2D eigenvalue weighted by atomic mass is 10.1. The third kappa shape index (κ3) is 2.56. The van der Waals surface area contributed by atoms with Crippen LogP contribution in [0, 0.1) is 0 Å². The SMILES string of the molecule is OCCCPc1cccc2ccccc12. The summed E-state index contributed by atoms with van der Waals surface area (Å²) in [6, 6.07) is 14.9. The average molecular weight is 218 g/mol. The molecule has 0 aliphatic heterocycles. The van der Waals surface area contributed by atoms with Crippen LogP contribution < -0.4 is 5.30 Å². The summed E-state index contributed by atoms with van der Waals surface area (Å²) in [7, 11) is 0.805. The maximum Gasteiger partial charge on any atom is 0.0434 e. The van der Waals surface area contributed by atoms with E-state index < -0.39 is 0 Å². The second-order valence-corrected chi connectivity index (χ2v) is 4.92. The molecule has 15 heavy (non-hydrogen) atoms. The molecule has 2 aromatic rings. The number of benzene rings is 2. The highest BCUT2D eigenvalue weighted by molar-refractivity contribution is 7.47. The molecule has 0 heterocycles. The van der Waals surface area contributed by atoms with Crippen LogP contribution in [-0.4, -0.2) is 17.9 Å². The van der Waals surface area contributed by atoms with E-state index in [2.05, 4.69) is 42.5 Å². The van der Waals surface area contributed by atoms with Gasteiger partial charge in [0.15, 0.2) is 0 Å². The third-order valence-electron chi connectivity index (χ3n) is 2.44. The highest BCUT2D eigenvalue weighted by Crippen LogP contribution is 2.19. The van der Waals surface area contributed by atoms with E-state index in [1.807, 2.05) is 0 Å². The van der Waals surface area contributed by atoms with Crippen LogP contribution in [0.2, 0.25) is 0 Å². The molecule has 0 bridgehead atoms. The molecule has 0 radical (unpaired) electrons. The van der Waals surface area contributed by atoms with Crippen molar-refractivity contribution in [1.82, 2.24) is 0 Å². The molecule has 1 unspecified atom stereocenters. The molecule has 2 heteroatoms. The standard InChI is InChI=1S/C13H15OP/c14-9-4-10-15-13-8-3-6-11-5-1-2-7-12(11)13/h1-3,5-8,14-15H,4,9-10H2. The minimum atomic E-state index is 0.303. The van der Waals surface area contributed by atoms with Gasteiger partial charge in [0.2, 0.25) is 0 Å². The fraction of sp³-hybridized carbons (Fsp3) is 0.231. The summed E-state index contributed by atoms with van der Waals surface area (Å²) in [5.41, 5.74) is 0. The quantitative estimate of drug-likeness (QED) is 0.617. The molecular formula is C13H15OP. The first-order valence-electron chi connectivity index (χ1n) is 5.24. The highest BCUT2D eigenvalue weighted by atomic mass is 31.1. The highest BCUT2D eigenvalue weighted by Gasteiger charge is 1.99. The summed E-state index contributed by atoms with van der Waals surface area (Å²) < 4.78 is 0. The van der Waals surface area contributed by atoms with E-state index >= 15 is 0 Å². The van der Waals surface area contributed by atoms with Crippen LogP contribution in [0.3, 0.4) is 0 Å². The summed E-state index contributed by atoms with van der Waals surface area (Å²) in [5, 5.41) is 12.8. The number of hydrogen-bond acceptors (Lipinski definition) is 1. The monoisotopic (exact) mass is 218 g/mol. The largest absolute Gasteiger partial charge is 0.396 e. The molecule has 0 aliphatic rings. The summed E-state index contributed by atoms with van der Waals surface area (Å²) in [6.45, 7) is 0.303. The summed E-state index contributed by atoms with van der Waals surface area (Å²) in [6.07, 6.45) is 1.99. The van der Waals surface area contributed by atoms with Crippen molar-refractivity contribution >= 4 is 24.7 Å². The van der Waals surface area contributed by atoms with Gasteiger partial charge in [-0.1, -0.05) is 51.0 Å². The first kappa shape index (κ1) is 10.6. The van der Waals surface area contributed by atoms with Crippen molar-refractivity contribution in [3.8, 4) is 0 Å². The number of hydrogen-bond donors (Lipinski definition) is 1. The van der Waals surface area contributed by atoms with Gasteiger partial charge in [-0.25, -0.2) is 0 Å². The van der Waals surface area contributed by atoms with Crippen LogP contribution in [-0.2, 0) is 0 Å². The first-order chi connectivity index (χ1) is 7.42. The van der Waals surface area contributed by atoms with Crippen molar-refractivity contribution in [3.05, 3.63) is 42.5 Å². The molecule has 0 aromatic heterocycles. The van der Waals surface area contributed by atoms with Gasteiger partial charge >= 0.3 is 0 Å². The van der Waals surface area contributed by atoms with Gasteiger partial charge in [0.1, 0.15) is 0 Å². The van der Waals surface area contributed by atoms with Gasteiger partial charge in [-0.15, -0.1) is 0 Å². The minimum Gasteiger partial charge on any atom is -0.396 e. The minimum absolute atomic E-state index is 0.303. The first-order valence-corrected chi connectivity index (χ1v) is 6.45. The van der Waals surface area contributed by atoms with Crippen LogP contribution in [0.4, 0.5) is 0 Å². The maximum atomic E-state index is 8.76. The summed E-state index contributed by atoms with van der Waals surface area (Å²) >= 11 is 0.